The van der Waals surface area contributed by atoms with E-state index in [2.05, 4.69) is 10.2 Å². The van der Waals surface area contributed by atoms with Gasteiger partial charge in [-0.25, -0.2) is 0 Å². The van der Waals surface area contributed by atoms with E-state index in [1.807, 2.05) is 6.92 Å². The summed E-state index contributed by atoms with van der Waals surface area (Å²) in [6.07, 6.45) is 2.49. The number of likely N-dealkylation sites (tertiary alicyclic amines) is 1. The fourth-order valence-corrected chi connectivity index (χ4v) is 2.73. The van der Waals surface area contributed by atoms with Crippen LogP contribution < -0.4 is 5.32 Å². The van der Waals surface area contributed by atoms with Gasteiger partial charge >= 0.3 is 0 Å². The predicted octanol–water partition coefficient (Wildman–Crippen LogP) is 0.0510. The van der Waals surface area contributed by atoms with Gasteiger partial charge in [0.15, 0.2) is 0 Å². The summed E-state index contributed by atoms with van der Waals surface area (Å²) in [5.41, 5.74) is 0. The Labute approximate surface area is 80.1 Å². The highest BCUT2D eigenvalue weighted by Crippen LogP contribution is 2.26. The van der Waals surface area contributed by atoms with Gasteiger partial charge in [0.25, 0.3) is 0 Å². The number of aliphatic hydroxyl groups excluding tert-OH is 1. The van der Waals surface area contributed by atoms with Gasteiger partial charge < -0.3 is 10.4 Å². The van der Waals surface area contributed by atoms with Crippen LogP contribution in [0.1, 0.15) is 19.8 Å². The second-order valence-corrected chi connectivity index (χ2v) is 4.47. The van der Waals surface area contributed by atoms with E-state index in [0.717, 1.165) is 19.0 Å². The number of nitrogens with zero attached hydrogens (tertiary/aromatic N) is 1. The number of hydrogen-bond acceptors (Lipinski definition) is 3. The quantitative estimate of drug-likeness (QED) is 0.636. The van der Waals surface area contributed by atoms with Gasteiger partial charge in [0.1, 0.15) is 0 Å². The monoisotopic (exact) mass is 184 g/mol. The maximum absolute atomic E-state index is 9.36. The fraction of sp³-hybridized carbons (Fsp3) is 1.00. The second-order valence-electron chi connectivity index (χ2n) is 4.47. The lowest BCUT2D eigenvalue weighted by Gasteiger charge is -2.37. The highest BCUT2D eigenvalue weighted by Gasteiger charge is 2.34. The molecule has 0 aromatic heterocycles. The number of piperidine rings is 1. The molecule has 0 aromatic rings. The molecule has 0 spiro atoms. The Morgan fingerprint density at radius 2 is 2.38 bits per heavy atom. The van der Waals surface area contributed by atoms with Gasteiger partial charge in [-0.3, -0.25) is 4.90 Å². The Morgan fingerprint density at radius 3 is 3.15 bits per heavy atom. The van der Waals surface area contributed by atoms with Crippen molar-refractivity contribution < 1.29 is 5.11 Å². The third-order valence-corrected chi connectivity index (χ3v) is 3.29. The lowest BCUT2D eigenvalue weighted by Crippen LogP contribution is -2.47. The Morgan fingerprint density at radius 1 is 1.54 bits per heavy atom. The van der Waals surface area contributed by atoms with Crippen molar-refractivity contribution in [3.63, 3.8) is 0 Å². The van der Waals surface area contributed by atoms with E-state index in [9.17, 15) is 5.11 Å². The van der Waals surface area contributed by atoms with Crippen LogP contribution in [-0.4, -0.2) is 48.3 Å². The highest BCUT2D eigenvalue weighted by atomic mass is 16.3. The van der Waals surface area contributed by atoms with E-state index in [-0.39, 0.29) is 6.10 Å². The van der Waals surface area contributed by atoms with Crippen molar-refractivity contribution in [2.45, 2.75) is 31.9 Å². The normalized spacial score (nSPS) is 37.4. The molecule has 2 rings (SSSR count). The summed E-state index contributed by atoms with van der Waals surface area (Å²) in [4.78, 5) is 2.46. The zero-order chi connectivity index (χ0) is 9.26. The molecule has 3 heteroatoms. The van der Waals surface area contributed by atoms with Gasteiger partial charge in [0.05, 0.1) is 6.10 Å². The molecule has 0 aliphatic carbocycles. The average Bonchev–Trinajstić information content (AvgIpc) is 2.51. The molecule has 0 saturated carbocycles. The average molecular weight is 184 g/mol. The Hall–Kier alpha value is -0.120. The molecule has 0 bridgehead atoms. The number of nitrogens with one attached hydrogen (secondary N) is 1. The number of hydrogen-bond donors (Lipinski definition) is 2. The van der Waals surface area contributed by atoms with E-state index < -0.39 is 0 Å². The topological polar surface area (TPSA) is 35.5 Å². The largest absolute Gasteiger partial charge is 0.392 e. The van der Waals surface area contributed by atoms with Crippen molar-refractivity contribution in [1.29, 1.82) is 0 Å². The molecular formula is C10H20N2O. The third-order valence-electron chi connectivity index (χ3n) is 3.29. The summed E-state index contributed by atoms with van der Waals surface area (Å²) in [5.74, 6) is 0.840. The predicted molar refractivity (Wildman–Crippen MR) is 52.6 cm³/mol. The smallest absolute Gasteiger partial charge is 0.0639 e. The maximum Gasteiger partial charge on any atom is 0.0639 e. The van der Waals surface area contributed by atoms with E-state index in [0.29, 0.717) is 6.04 Å². The Kier molecular flexibility index (Phi) is 2.86. The van der Waals surface area contributed by atoms with Crippen LogP contribution in [0.15, 0.2) is 0 Å². The van der Waals surface area contributed by atoms with Crippen LogP contribution in [0.3, 0.4) is 0 Å². The van der Waals surface area contributed by atoms with Crippen LogP contribution in [0.4, 0.5) is 0 Å². The molecule has 13 heavy (non-hydrogen) atoms. The first kappa shape index (κ1) is 9.44. The summed E-state index contributed by atoms with van der Waals surface area (Å²) in [6.45, 7) is 6.21. The molecule has 2 unspecified atom stereocenters. The van der Waals surface area contributed by atoms with E-state index in [1.165, 1.54) is 25.9 Å². The van der Waals surface area contributed by atoms with Crippen LogP contribution in [0.5, 0.6) is 0 Å². The lowest BCUT2D eigenvalue weighted by molar-refractivity contribution is 0.0655. The standard InChI is InChI=1S/C10H20N2O/c1-8(13)7-12-4-2-3-9-5-11-6-10(9)12/h8-11,13H,2-7H2,1H3/t8-,9?,10?/m1/s1. The molecule has 2 aliphatic heterocycles. The molecule has 2 saturated heterocycles. The highest BCUT2D eigenvalue weighted by molar-refractivity contribution is 4.92. The van der Waals surface area contributed by atoms with Crippen molar-refractivity contribution in [1.82, 2.24) is 10.2 Å². The van der Waals surface area contributed by atoms with Crippen LogP contribution in [0.25, 0.3) is 0 Å². The van der Waals surface area contributed by atoms with Gasteiger partial charge in [-0.15, -0.1) is 0 Å². The molecule has 2 heterocycles. The first-order chi connectivity index (χ1) is 6.27. The third kappa shape index (κ3) is 2.03. The van der Waals surface area contributed by atoms with Crippen molar-refractivity contribution in [3.8, 4) is 0 Å². The zero-order valence-electron chi connectivity index (χ0n) is 8.37. The molecule has 0 aromatic carbocycles. The molecular weight excluding hydrogens is 164 g/mol. The molecule has 0 amide bonds. The first-order valence-electron chi connectivity index (χ1n) is 5.40. The molecule has 76 valence electrons. The minimum Gasteiger partial charge on any atom is -0.392 e. The molecule has 2 fully saturated rings. The first-order valence-corrected chi connectivity index (χ1v) is 5.40. The van der Waals surface area contributed by atoms with Gasteiger partial charge in [-0.2, -0.15) is 0 Å². The summed E-state index contributed by atoms with van der Waals surface area (Å²) in [7, 11) is 0. The number of β-amino-alcohol motifs (C(OH)–C–C–N with tert-alkyl or cyclic N) is 1. The van der Waals surface area contributed by atoms with Crippen LogP contribution >= 0.6 is 0 Å². The summed E-state index contributed by atoms with van der Waals surface area (Å²) < 4.78 is 0. The molecule has 0 radical (unpaired) electrons. The summed E-state index contributed by atoms with van der Waals surface area (Å²) in [6, 6.07) is 0.698. The summed E-state index contributed by atoms with van der Waals surface area (Å²) >= 11 is 0. The van der Waals surface area contributed by atoms with Gasteiger partial charge in [0.2, 0.25) is 0 Å². The molecule has 3 nitrogen and oxygen atoms in total. The van der Waals surface area contributed by atoms with Crippen molar-refractivity contribution in [2.24, 2.45) is 5.92 Å². The Bertz CT molecular complexity index is 172. The minimum absolute atomic E-state index is 0.181. The number of aliphatic hydroxyl groups is 1. The van der Waals surface area contributed by atoms with E-state index in [4.69, 9.17) is 0 Å². The second kappa shape index (κ2) is 3.95. The van der Waals surface area contributed by atoms with Gasteiger partial charge in [-0.05, 0) is 38.8 Å². The Balaban J connectivity index is 1.93. The van der Waals surface area contributed by atoms with E-state index in [1.54, 1.807) is 0 Å². The van der Waals surface area contributed by atoms with Crippen LogP contribution in [0.2, 0.25) is 0 Å². The van der Waals surface area contributed by atoms with Gasteiger partial charge in [-0.1, -0.05) is 0 Å². The minimum atomic E-state index is -0.181. The number of rotatable bonds is 2. The lowest BCUT2D eigenvalue weighted by atomic mass is 9.92. The SMILES string of the molecule is C[C@@H](O)CN1CCCC2CNCC21. The number of fused-ring (bicyclic) bond motifs is 1. The maximum atomic E-state index is 9.36. The summed E-state index contributed by atoms with van der Waals surface area (Å²) in [5, 5.41) is 12.8. The van der Waals surface area contributed by atoms with Crippen LogP contribution in [0, 0.1) is 5.92 Å². The van der Waals surface area contributed by atoms with Crippen molar-refractivity contribution in [2.75, 3.05) is 26.2 Å². The fourth-order valence-electron chi connectivity index (χ4n) is 2.73. The van der Waals surface area contributed by atoms with Crippen LogP contribution in [-0.2, 0) is 0 Å². The van der Waals surface area contributed by atoms with E-state index >= 15 is 0 Å². The van der Waals surface area contributed by atoms with Crippen molar-refractivity contribution in [3.05, 3.63) is 0 Å². The molecule has 2 aliphatic rings. The molecule has 2 N–H and O–H groups in total. The molecule has 3 atom stereocenters. The van der Waals surface area contributed by atoms with Gasteiger partial charge in [0, 0.05) is 19.1 Å². The van der Waals surface area contributed by atoms with Crippen molar-refractivity contribution >= 4 is 0 Å². The zero-order valence-corrected chi connectivity index (χ0v) is 8.37.